The number of carbonyl (C=O) groups is 2. The zero-order valence-corrected chi connectivity index (χ0v) is 13.9. The van der Waals surface area contributed by atoms with Gasteiger partial charge in [-0.2, -0.15) is 10.5 Å². The van der Waals surface area contributed by atoms with Crippen molar-refractivity contribution in [2.24, 2.45) is 0 Å². The highest BCUT2D eigenvalue weighted by molar-refractivity contribution is 5.96. The number of benzene rings is 2. The summed E-state index contributed by atoms with van der Waals surface area (Å²) in [6, 6.07) is 16.7. The van der Waals surface area contributed by atoms with Gasteiger partial charge in [0.25, 0.3) is 5.91 Å². The third-order valence-electron chi connectivity index (χ3n) is 3.32. The number of hydrogen-bond donors (Lipinski definition) is 1. The van der Waals surface area contributed by atoms with E-state index < -0.39 is 18.0 Å². The molecule has 0 aliphatic heterocycles. The molecule has 0 aliphatic rings. The summed E-state index contributed by atoms with van der Waals surface area (Å²) < 4.78 is 10.3. The minimum absolute atomic E-state index is 0.309. The molecule has 0 fully saturated rings. The van der Waals surface area contributed by atoms with E-state index in [-0.39, 0.29) is 6.61 Å². The average molecular weight is 349 g/mol. The Morgan fingerprint density at radius 1 is 1.08 bits per heavy atom. The van der Waals surface area contributed by atoms with Gasteiger partial charge in [0, 0.05) is 0 Å². The maximum Gasteiger partial charge on any atom is 0.344 e. The largest absolute Gasteiger partial charge is 0.482 e. The van der Waals surface area contributed by atoms with Gasteiger partial charge in [0.1, 0.15) is 11.8 Å². The topological polar surface area (TPSA) is 112 Å². The predicted molar refractivity (Wildman–Crippen MR) is 92.0 cm³/mol. The van der Waals surface area contributed by atoms with Gasteiger partial charge in [-0.3, -0.25) is 4.79 Å². The smallest absolute Gasteiger partial charge is 0.344 e. The summed E-state index contributed by atoms with van der Waals surface area (Å²) >= 11 is 0. The maximum atomic E-state index is 12.1. The Morgan fingerprint density at radius 2 is 1.77 bits per heavy atom. The summed E-state index contributed by atoms with van der Waals surface area (Å²) in [5.74, 6) is -0.869. The molecule has 0 saturated carbocycles. The molecule has 0 saturated heterocycles. The Morgan fingerprint density at radius 3 is 2.42 bits per heavy atom. The van der Waals surface area contributed by atoms with Gasteiger partial charge in [-0.1, -0.05) is 12.1 Å². The van der Waals surface area contributed by atoms with Crippen LogP contribution in [0.5, 0.6) is 5.75 Å². The maximum absolute atomic E-state index is 12.1. The van der Waals surface area contributed by atoms with Crippen molar-refractivity contribution in [3.8, 4) is 17.9 Å². The highest BCUT2D eigenvalue weighted by Gasteiger charge is 2.19. The van der Waals surface area contributed by atoms with Gasteiger partial charge in [0.15, 0.2) is 12.7 Å². The molecule has 0 aliphatic carbocycles. The number of esters is 1. The molecule has 130 valence electrons. The van der Waals surface area contributed by atoms with Crippen LogP contribution in [0.2, 0.25) is 0 Å². The van der Waals surface area contributed by atoms with E-state index in [2.05, 4.69) is 5.32 Å². The molecule has 0 bridgehead atoms. The number of nitriles is 2. The van der Waals surface area contributed by atoms with Gasteiger partial charge in [-0.05, 0) is 43.3 Å². The predicted octanol–water partition coefficient (Wildman–Crippen LogP) is 2.38. The Hall–Kier alpha value is -3.84. The standard InChI is InChI=1S/C19H15N3O4/c1-13(19(24)22-17-5-3-2-4-15(17)11-21)26-18(23)12-25-16-8-6-14(10-20)7-9-16/h2-9,13H,12H2,1H3,(H,22,24)/t13-/m1/s1. The molecule has 0 spiro atoms. The van der Waals surface area contributed by atoms with Gasteiger partial charge in [0.05, 0.1) is 22.9 Å². The second-order valence-electron chi connectivity index (χ2n) is 5.20. The number of ether oxygens (including phenoxy) is 2. The van der Waals surface area contributed by atoms with Crippen LogP contribution in [0, 0.1) is 22.7 Å². The van der Waals surface area contributed by atoms with E-state index in [1.54, 1.807) is 48.5 Å². The third-order valence-corrected chi connectivity index (χ3v) is 3.32. The molecular formula is C19H15N3O4. The van der Waals surface area contributed by atoms with Crippen molar-refractivity contribution >= 4 is 17.6 Å². The summed E-state index contributed by atoms with van der Waals surface area (Å²) in [7, 11) is 0. The number of rotatable bonds is 6. The Bertz CT molecular complexity index is 879. The summed E-state index contributed by atoms with van der Waals surface area (Å²) in [5.41, 5.74) is 1.13. The summed E-state index contributed by atoms with van der Waals surface area (Å²) in [5, 5.41) is 20.3. The number of hydrogen-bond acceptors (Lipinski definition) is 6. The van der Waals surface area contributed by atoms with Gasteiger partial charge in [-0.15, -0.1) is 0 Å². The summed E-state index contributed by atoms with van der Waals surface area (Å²) in [6.45, 7) is 1.04. The van der Waals surface area contributed by atoms with Crippen LogP contribution < -0.4 is 10.1 Å². The molecule has 0 unspecified atom stereocenters. The minimum atomic E-state index is -1.06. The van der Waals surface area contributed by atoms with Gasteiger partial charge in [-0.25, -0.2) is 4.79 Å². The Labute approximate surface area is 150 Å². The van der Waals surface area contributed by atoms with Crippen LogP contribution in [0.25, 0.3) is 0 Å². The first-order valence-corrected chi connectivity index (χ1v) is 7.66. The van der Waals surface area contributed by atoms with Crippen LogP contribution in [-0.2, 0) is 14.3 Å². The van der Waals surface area contributed by atoms with Crippen molar-refractivity contribution in [2.45, 2.75) is 13.0 Å². The van der Waals surface area contributed by atoms with Crippen LogP contribution in [0.3, 0.4) is 0 Å². The second-order valence-corrected chi connectivity index (χ2v) is 5.20. The molecule has 2 aromatic carbocycles. The number of carbonyl (C=O) groups excluding carboxylic acids is 2. The van der Waals surface area contributed by atoms with Crippen LogP contribution >= 0.6 is 0 Å². The SMILES string of the molecule is C[C@@H](OC(=O)COc1ccc(C#N)cc1)C(=O)Nc1ccccc1C#N. The molecular weight excluding hydrogens is 334 g/mol. The number of amides is 1. The van der Waals surface area contributed by atoms with E-state index in [4.69, 9.17) is 20.0 Å². The first-order valence-electron chi connectivity index (χ1n) is 7.66. The van der Waals surface area contributed by atoms with Crippen molar-refractivity contribution in [3.05, 3.63) is 59.7 Å². The van der Waals surface area contributed by atoms with E-state index in [9.17, 15) is 9.59 Å². The lowest BCUT2D eigenvalue weighted by molar-refractivity contribution is -0.155. The summed E-state index contributed by atoms with van der Waals surface area (Å²) in [6.07, 6.45) is -1.06. The first kappa shape index (κ1) is 18.5. The first-order chi connectivity index (χ1) is 12.5. The fourth-order valence-corrected chi connectivity index (χ4v) is 1.98. The molecule has 1 atom stereocenters. The van der Waals surface area contributed by atoms with Crippen molar-refractivity contribution in [2.75, 3.05) is 11.9 Å². The fraction of sp³-hybridized carbons (Fsp3) is 0.158. The number of nitrogens with zero attached hydrogens (tertiary/aromatic N) is 2. The molecule has 2 rings (SSSR count). The van der Waals surface area contributed by atoms with E-state index in [0.29, 0.717) is 22.6 Å². The number of para-hydroxylation sites is 1. The molecule has 1 amide bonds. The lowest BCUT2D eigenvalue weighted by atomic mass is 10.2. The molecule has 1 N–H and O–H groups in total. The van der Waals surface area contributed by atoms with Crippen molar-refractivity contribution in [3.63, 3.8) is 0 Å². The Kier molecular flexibility index (Phi) is 6.30. The van der Waals surface area contributed by atoms with Crippen molar-refractivity contribution < 1.29 is 19.1 Å². The van der Waals surface area contributed by atoms with Crippen molar-refractivity contribution in [1.82, 2.24) is 0 Å². The van der Waals surface area contributed by atoms with Crippen LogP contribution in [0.4, 0.5) is 5.69 Å². The molecule has 2 aromatic rings. The number of nitrogens with one attached hydrogen (secondary N) is 1. The lowest BCUT2D eigenvalue weighted by Crippen LogP contribution is -2.31. The van der Waals surface area contributed by atoms with Crippen molar-refractivity contribution in [1.29, 1.82) is 10.5 Å². The summed E-state index contributed by atoms with van der Waals surface area (Å²) in [4.78, 5) is 23.9. The monoisotopic (exact) mass is 349 g/mol. The average Bonchev–Trinajstić information content (AvgIpc) is 2.67. The minimum Gasteiger partial charge on any atom is -0.482 e. The van der Waals surface area contributed by atoms with Crippen LogP contribution in [-0.4, -0.2) is 24.6 Å². The quantitative estimate of drug-likeness (QED) is 0.801. The van der Waals surface area contributed by atoms with E-state index in [1.807, 2.05) is 12.1 Å². The van der Waals surface area contributed by atoms with Gasteiger partial charge < -0.3 is 14.8 Å². The molecule has 0 heterocycles. The van der Waals surface area contributed by atoms with Crippen LogP contribution in [0.15, 0.2) is 48.5 Å². The van der Waals surface area contributed by atoms with E-state index in [1.165, 1.54) is 6.92 Å². The molecule has 7 heteroatoms. The lowest BCUT2D eigenvalue weighted by Gasteiger charge is -2.14. The van der Waals surface area contributed by atoms with Gasteiger partial charge >= 0.3 is 5.97 Å². The highest BCUT2D eigenvalue weighted by atomic mass is 16.6. The molecule has 0 aromatic heterocycles. The van der Waals surface area contributed by atoms with Crippen LogP contribution in [0.1, 0.15) is 18.1 Å². The molecule has 7 nitrogen and oxygen atoms in total. The fourth-order valence-electron chi connectivity index (χ4n) is 1.98. The molecule has 0 radical (unpaired) electrons. The normalized spacial score (nSPS) is 10.7. The van der Waals surface area contributed by atoms with E-state index in [0.717, 1.165) is 0 Å². The zero-order valence-electron chi connectivity index (χ0n) is 13.9. The third kappa shape index (κ3) is 5.08. The number of anilines is 1. The van der Waals surface area contributed by atoms with Gasteiger partial charge in [0.2, 0.25) is 0 Å². The highest BCUT2D eigenvalue weighted by Crippen LogP contribution is 2.14. The zero-order chi connectivity index (χ0) is 18.9. The van der Waals surface area contributed by atoms with E-state index >= 15 is 0 Å². The second kappa shape index (κ2) is 8.86. The Balaban J connectivity index is 1.85. The molecule has 26 heavy (non-hydrogen) atoms.